The Labute approximate surface area is 128 Å². The summed E-state index contributed by atoms with van der Waals surface area (Å²) in [6, 6.07) is 3.78. The van der Waals surface area contributed by atoms with Crippen LogP contribution < -0.4 is 5.32 Å². The van der Waals surface area contributed by atoms with Crippen LogP contribution in [-0.2, 0) is 16.0 Å². The number of halogens is 1. The van der Waals surface area contributed by atoms with E-state index in [2.05, 4.69) is 5.32 Å². The van der Waals surface area contributed by atoms with Crippen molar-refractivity contribution in [3.8, 4) is 0 Å². The van der Waals surface area contributed by atoms with Gasteiger partial charge in [0.1, 0.15) is 0 Å². The maximum atomic E-state index is 11.7. The molecule has 0 aromatic carbocycles. The van der Waals surface area contributed by atoms with Gasteiger partial charge >= 0.3 is 0 Å². The van der Waals surface area contributed by atoms with Crippen LogP contribution in [0, 0.1) is 5.92 Å². The highest BCUT2D eigenvalue weighted by Crippen LogP contribution is 2.22. The second-order valence-electron chi connectivity index (χ2n) is 5.03. The van der Waals surface area contributed by atoms with E-state index in [1.807, 2.05) is 12.1 Å². The summed E-state index contributed by atoms with van der Waals surface area (Å²) in [5.41, 5.74) is 0. The average Bonchev–Trinajstić information content (AvgIpc) is 2.89. The van der Waals surface area contributed by atoms with Crippen LogP contribution >= 0.6 is 22.9 Å². The molecule has 1 atom stereocenters. The van der Waals surface area contributed by atoms with Crippen LogP contribution in [0.25, 0.3) is 0 Å². The van der Waals surface area contributed by atoms with Crippen LogP contribution in [0.5, 0.6) is 0 Å². The van der Waals surface area contributed by atoms with Gasteiger partial charge in [0, 0.05) is 31.1 Å². The van der Waals surface area contributed by atoms with E-state index < -0.39 is 6.10 Å². The number of hydrogen-bond acceptors (Lipinski definition) is 4. The maximum Gasteiger partial charge on any atom is 0.220 e. The summed E-state index contributed by atoms with van der Waals surface area (Å²) in [7, 11) is 0. The van der Waals surface area contributed by atoms with E-state index in [9.17, 15) is 9.90 Å². The standard InChI is InChI=1S/C14H20ClNO3S/c15-13-3-1-11(20-13)2-4-14(18)16-9-12(17)10-5-7-19-8-6-10/h1,3,10,12,17H,2,4-9H2,(H,16,18). The zero-order valence-electron chi connectivity index (χ0n) is 11.3. The fraction of sp³-hybridized carbons (Fsp3) is 0.643. The number of rotatable bonds is 6. The molecule has 1 aromatic heterocycles. The van der Waals surface area contributed by atoms with E-state index in [1.54, 1.807) is 0 Å². The van der Waals surface area contributed by atoms with Crippen LogP contribution in [0.2, 0.25) is 4.34 Å². The number of aliphatic hydroxyl groups is 1. The SMILES string of the molecule is O=C(CCc1ccc(Cl)s1)NCC(O)C1CCOCC1. The number of aliphatic hydroxyl groups excluding tert-OH is 1. The minimum Gasteiger partial charge on any atom is -0.391 e. The van der Waals surface area contributed by atoms with Gasteiger partial charge in [-0.25, -0.2) is 0 Å². The molecule has 0 spiro atoms. The molecule has 0 aliphatic carbocycles. The first kappa shape index (κ1) is 15.8. The molecule has 1 amide bonds. The van der Waals surface area contributed by atoms with Crippen LogP contribution in [-0.4, -0.2) is 36.9 Å². The zero-order valence-corrected chi connectivity index (χ0v) is 12.9. The van der Waals surface area contributed by atoms with Gasteiger partial charge < -0.3 is 15.2 Å². The Balaban J connectivity index is 1.64. The number of carbonyl (C=O) groups is 1. The highest BCUT2D eigenvalue weighted by Gasteiger charge is 2.22. The molecule has 1 saturated heterocycles. The Hall–Kier alpha value is -0.620. The minimum atomic E-state index is -0.473. The Kier molecular flexibility index (Phi) is 6.29. The number of amides is 1. The van der Waals surface area contributed by atoms with Gasteiger partial charge in [0.05, 0.1) is 10.4 Å². The van der Waals surface area contributed by atoms with Crippen molar-refractivity contribution in [1.82, 2.24) is 5.32 Å². The van der Waals surface area contributed by atoms with Gasteiger partial charge in [-0.3, -0.25) is 4.79 Å². The number of aryl methyl sites for hydroxylation is 1. The molecule has 1 aromatic rings. The highest BCUT2D eigenvalue weighted by molar-refractivity contribution is 7.16. The lowest BCUT2D eigenvalue weighted by Gasteiger charge is -2.26. The molecular formula is C14H20ClNO3S. The molecule has 0 saturated carbocycles. The van der Waals surface area contributed by atoms with Crippen molar-refractivity contribution in [1.29, 1.82) is 0 Å². The minimum absolute atomic E-state index is 0.0272. The molecule has 0 bridgehead atoms. The smallest absolute Gasteiger partial charge is 0.220 e. The Morgan fingerprint density at radius 1 is 1.50 bits per heavy atom. The van der Waals surface area contributed by atoms with Crippen molar-refractivity contribution in [2.45, 2.75) is 31.8 Å². The normalized spacial score (nSPS) is 17.9. The van der Waals surface area contributed by atoms with Crippen LogP contribution in [0.15, 0.2) is 12.1 Å². The Bertz CT molecular complexity index is 432. The van der Waals surface area contributed by atoms with Gasteiger partial charge in [-0.1, -0.05) is 11.6 Å². The lowest BCUT2D eigenvalue weighted by molar-refractivity contribution is -0.121. The Morgan fingerprint density at radius 3 is 2.90 bits per heavy atom. The van der Waals surface area contributed by atoms with E-state index in [1.165, 1.54) is 11.3 Å². The number of nitrogens with one attached hydrogen (secondary N) is 1. The predicted molar refractivity (Wildman–Crippen MR) is 80.2 cm³/mol. The molecule has 4 nitrogen and oxygen atoms in total. The first-order valence-electron chi connectivity index (χ1n) is 6.92. The van der Waals surface area contributed by atoms with Crippen molar-refractivity contribution in [2.24, 2.45) is 5.92 Å². The van der Waals surface area contributed by atoms with Gasteiger partial charge in [-0.05, 0) is 37.3 Å². The molecule has 1 aliphatic heterocycles. The van der Waals surface area contributed by atoms with E-state index >= 15 is 0 Å². The number of ether oxygens (including phenoxy) is 1. The highest BCUT2D eigenvalue weighted by atomic mass is 35.5. The third-order valence-electron chi connectivity index (χ3n) is 3.55. The summed E-state index contributed by atoms with van der Waals surface area (Å²) < 4.78 is 6.00. The molecule has 1 fully saturated rings. The lowest BCUT2D eigenvalue weighted by atomic mass is 9.94. The molecule has 2 heterocycles. The van der Waals surface area contributed by atoms with Crippen LogP contribution in [0.3, 0.4) is 0 Å². The van der Waals surface area contributed by atoms with Crippen molar-refractivity contribution in [3.05, 3.63) is 21.3 Å². The molecule has 2 rings (SSSR count). The van der Waals surface area contributed by atoms with Crippen molar-refractivity contribution >= 4 is 28.8 Å². The fourth-order valence-corrected chi connectivity index (χ4v) is 3.38. The summed E-state index contributed by atoms with van der Waals surface area (Å²) in [6.45, 7) is 1.73. The number of hydrogen-bond donors (Lipinski definition) is 2. The molecule has 20 heavy (non-hydrogen) atoms. The summed E-state index contributed by atoms with van der Waals surface area (Å²) in [6.07, 6.45) is 2.38. The maximum absolute atomic E-state index is 11.7. The largest absolute Gasteiger partial charge is 0.391 e. The van der Waals surface area contributed by atoms with E-state index in [-0.39, 0.29) is 11.8 Å². The molecular weight excluding hydrogens is 298 g/mol. The lowest BCUT2D eigenvalue weighted by Crippen LogP contribution is -2.38. The molecule has 1 unspecified atom stereocenters. The number of carbonyl (C=O) groups excluding carboxylic acids is 1. The van der Waals surface area contributed by atoms with E-state index in [0.717, 1.165) is 22.1 Å². The van der Waals surface area contributed by atoms with Crippen LogP contribution in [0.1, 0.15) is 24.1 Å². The topological polar surface area (TPSA) is 58.6 Å². The molecule has 2 N–H and O–H groups in total. The van der Waals surface area contributed by atoms with Gasteiger partial charge in [0.15, 0.2) is 0 Å². The third-order valence-corrected chi connectivity index (χ3v) is 4.84. The monoisotopic (exact) mass is 317 g/mol. The summed E-state index contributed by atoms with van der Waals surface area (Å²) in [5.74, 6) is 0.209. The van der Waals surface area contributed by atoms with Crippen molar-refractivity contribution in [2.75, 3.05) is 19.8 Å². The van der Waals surface area contributed by atoms with E-state index in [0.29, 0.717) is 32.6 Å². The zero-order chi connectivity index (χ0) is 14.4. The summed E-state index contributed by atoms with van der Waals surface area (Å²) >= 11 is 7.34. The van der Waals surface area contributed by atoms with Gasteiger partial charge in [-0.2, -0.15) is 0 Å². The molecule has 6 heteroatoms. The first-order chi connectivity index (χ1) is 9.65. The summed E-state index contributed by atoms with van der Waals surface area (Å²) in [5, 5.41) is 12.8. The predicted octanol–water partition coefficient (Wildman–Crippen LogP) is 2.24. The molecule has 1 aliphatic rings. The second-order valence-corrected chi connectivity index (χ2v) is 6.83. The van der Waals surface area contributed by atoms with E-state index in [4.69, 9.17) is 16.3 Å². The van der Waals surface area contributed by atoms with Gasteiger partial charge in [0.25, 0.3) is 0 Å². The quantitative estimate of drug-likeness (QED) is 0.846. The fourth-order valence-electron chi connectivity index (χ4n) is 2.30. The Morgan fingerprint density at radius 2 is 2.25 bits per heavy atom. The molecule has 0 radical (unpaired) electrons. The third kappa shape index (κ3) is 5.05. The summed E-state index contributed by atoms with van der Waals surface area (Å²) in [4.78, 5) is 12.8. The average molecular weight is 318 g/mol. The van der Waals surface area contributed by atoms with Gasteiger partial charge in [0.2, 0.25) is 5.91 Å². The molecule has 112 valence electrons. The number of thiophene rings is 1. The van der Waals surface area contributed by atoms with Crippen molar-refractivity contribution < 1.29 is 14.6 Å². The first-order valence-corrected chi connectivity index (χ1v) is 8.11. The second kappa shape index (κ2) is 7.98. The van der Waals surface area contributed by atoms with Crippen LogP contribution in [0.4, 0.5) is 0 Å². The van der Waals surface area contributed by atoms with Gasteiger partial charge in [-0.15, -0.1) is 11.3 Å². The van der Waals surface area contributed by atoms with Crippen molar-refractivity contribution in [3.63, 3.8) is 0 Å².